The van der Waals surface area contributed by atoms with Gasteiger partial charge in [0.05, 0.1) is 5.52 Å². The summed E-state index contributed by atoms with van der Waals surface area (Å²) in [6.07, 6.45) is 1.76. The van der Waals surface area contributed by atoms with Gasteiger partial charge in [-0.1, -0.05) is 29.3 Å². The summed E-state index contributed by atoms with van der Waals surface area (Å²) in [6.45, 7) is 0. The Morgan fingerprint density at radius 1 is 1.12 bits per heavy atom. The molecule has 1 nitrogen and oxygen atoms in total. The second-order valence-corrected chi connectivity index (χ2v) is 4.74. The molecule has 0 N–H and O–H groups in total. The average Bonchev–Trinajstić information content (AvgIpc) is 2.26. The van der Waals surface area contributed by atoms with Gasteiger partial charge in [0.15, 0.2) is 0 Å². The Morgan fingerprint density at radius 2 is 1.94 bits per heavy atom. The molecule has 0 aliphatic rings. The lowest BCUT2D eigenvalue weighted by molar-refractivity contribution is 0.924. The van der Waals surface area contributed by atoms with Crippen LogP contribution in [0, 0.1) is 0 Å². The summed E-state index contributed by atoms with van der Waals surface area (Å²) < 4.78 is 0. The summed E-state index contributed by atoms with van der Waals surface area (Å²) in [4.78, 5) is 4.33. The maximum atomic E-state index is 6.09. The number of rotatable bonds is 3. The minimum Gasteiger partial charge on any atom is -0.236 e. The third kappa shape index (κ3) is 2.60. The third-order valence-corrected chi connectivity index (χ3v) is 3.22. The van der Waals surface area contributed by atoms with E-state index in [1.807, 2.05) is 24.3 Å². The van der Waals surface area contributed by atoms with Crippen LogP contribution in [0.3, 0.4) is 0 Å². The molecule has 1 heterocycles. The largest absolute Gasteiger partial charge is 0.236 e. The van der Waals surface area contributed by atoms with E-state index in [1.165, 1.54) is 0 Å². The highest BCUT2D eigenvalue weighted by molar-refractivity contribution is 6.32. The number of alkyl halides is 1. The van der Waals surface area contributed by atoms with Crippen molar-refractivity contribution in [1.29, 1.82) is 0 Å². The fourth-order valence-corrected chi connectivity index (χ4v) is 2.13. The van der Waals surface area contributed by atoms with Gasteiger partial charge in [-0.15, -0.1) is 11.6 Å². The number of hydrogen-bond acceptors (Lipinski definition) is 1. The standard InChI is InChI=1S/C12H10Cl3N/c13-5-1-2-9-6-8-3-4-10(14)7-11(8)16-12(9)15/h3-4,6-7H,1-2,5H2. The van der Waals surface area contributed by atoms with E-state index < -0.39 is 0 Å². The van der Waals surface area contributed by atoms with Crippen molar-refractivity contribution >= 4 is 45.7 Å². The Hall–Kier alpha value is -0.500. The Morgan fingerprint density at radius 3 is 2.69 bits per heavy atom. The molecule has 84 valence electrons. The zero-order valence-electron chi connectivity index (χ0n) is 8.51. The first-order valence-electron chi connectivity index (χ1n) is 5.01. The molecule has 0 saturated carbocycles. The Labute approximate surface area is 109 Å². The summed E-state index contributed by atoms with van der Waals surface area (Å²) in [6, 6.07) is 7.66. The molecule has 4 heteroatoms. The molecule has 0 bridgehead atoms. The first-order valence-corrected chi connectivity index (χ1v) is 6.30. The molecule has 0 aliphatic heterocycles. The molecule has 2 rings (SSSR count). The first kappa shape index (κ1) is 12.0. The lowest BCUT2D eigenvalue weighted by Gasteiger charge is -2.05. The van der Waals surface area contributed by atoms with Crippen LogP contribution in [0.4, 0.5) is 0 Å². The van der Waals surface area contributed by atoms with Crippen molar-refractivity contribution in [1.82, 2.24) is 4.98 Å². The fraction of sp³-hybridized carbons (Fsp3) is 0.250. The highest BCUT2D eigenvalue weighted by atomic mass is 35.5. The molecular formula is C12H10Cl3N. The molecule has 0 amide bonds. The van der Waals surface area contributed by atoms with Gasteiger partial charge in [-0.05, 0) is 36.6 Å². The van der Waals surface area contributed by atoms with Crippen molar-refractivity contribution in [2.75, 3.05) is 5.88 Å². The van der Waals surface area contributed by atoms with Gasteiger partial charge in [-0.3, -0.25) is 0 Å². The van der Waals surface area contributed by atoms with E-state index in [0.717, 1.165) is 29.3 Å². The van der Waals surface area contributed by atoms with Crippen LogP contribution in [0.25, 0.3) is 10.9 Å². The van der Waals surface area contributed by atoms with Gasteiger partial charge in [-0.2, -0.15) is 0 Å². The van der Waals surface area contributed by atoms with E-state index >= 15 is 0 Å². The van der Waals surface area contributed by atoms with Gasteiger partial charge >= 0.3 is 0 Å². The van der Waals surface area contributed by atoms with Crippen molar-refractivity contribution in [2.45, 2.75) is 12.8 Å². The molecule has 0 atom stereocenters. The molecule has 0 radical (unpaired) electrons. The monoisotopic (exact) mass is 273 g/mol. The van der Waals surface area contributed by atoms with Crippen LogP contribution >= 0.6 is 34.8 Å². The van der Waals surface area contributed by atoms with E-state index in [2.05, 4.69) is 4.98 Å². The second kappa shape index (κ2) is 5.22. The van der Waals surface area contributed by atoms with Crippen molar-refractivity contribution in [3.63, 3.8) is 0 Å². The van der Waals surface area contributed by atoms with Crippen LogP contribution in [0.15, 0.2) is 24.3 Å². The molecular weight excluding hydrogens is 264 g/mol. The van der Waals surface area contributed by atoms with E-state index in [4.69, 9.17) is 34.8 Å². The molecule has 1 aromatic carbocycles. The Bertz CT molecular complexity index is 511. The number of benzene rings is 1. The van der Waals surface area contributed by atoms with Crippen LogP contribution in [0.2, 0.25) is 10.2 Å². The van der Waals surface area contributed by atoms with Gasteiger partial charge < -0.3 is 0 Å². The molecule has 0 aliphatic carbocycles. The zero-order valence-corrected chi connectivity index (χ0v) is 10.8. The number of fused-ring (bicyclic) bond motifs is 1. The smallest absolute Gasteiger partial charge is 0.132 e. The average molecular weight is 275 g/mol. The number of pyridine rings is 1. The van der Waals surface area contributed by atoms with Crippen molar-refractivity contribution in [2.24, 2.45) is 0 Å². The van der Waals surface area contributed by atoms with Gasteiger partial charge in [0.2, 0.25) is 0 Å². The van der Waals surface area contributed by atoms with E-state index in [0.29, 0.717) is 16.1 Å². The number of aryl methyl sites for hydroxylation is 1. The molecule has 16 heavy (non-hydrogen) atoms. The second-order valence-electron chi connectivity index (χ2n) is 3.57. The molecule has 0 fully saturated rings. The van der Waals surface area contributed by atoms with E-state index in [9.17, 15) is 0 Å². The van der Waals surface area contributed by atoms with Crippen molar-refractivity contribution < 1.29 is 0 Å². The Balaban J connectivity index is 2.45. The quantitative estimate of drug-likeness (QED) is 0.583. The fourth-order valence-electron chi connectivity index (χ4n) is 1.59. The molecule has 0 saturated heterocycles. The predicted molar refractivity (Wildman–Crippen MR) is 70.8 cm³/mol. The first-order chi connectivity index (χ1) is 7.70. The maximum absolute atomic E-state index is 6.09. The van der Waals surface area contributed by atoms with Crippen LogP contribution in [-0.2, 0) is 6.42 Å². The van der Waals surface area contributed by atoms with Gasteiger partial charge in [-0.25, -0.2) is 4.98 Å². The van der Waals surface area contributed by atoms with Crippen LogP contribution in [0.5, 0.6) is 0 Å². The van der Waals surface area contributed by atoms with Crippen LogP contribution < -0.4 is 0 Å². The van der Waals surface area contributed by atoms with Gasteiger partial charge in [0.1, 0.15) is 5.15 Å². The maximum Gasteiger partial charge on any atom is 0.132 e. The Kier molecular flexibility index (Phi) is 3.91. The number of halogens is 3. The minimum absolute atomic E-state index is 0.542. The molecule has 1 aromatic heterocycles. The minimum atomic E-state index is 0.542. The summed E-state index contributed by atoms with van der Waals surface area (Å²) >= 11 is 17.6. The lowest BCUT2D eigenvalue weighted by atomic mass is 10.1. The van der Waals surface area contributed by atoms with E-state index in [-0.39, 0.29) is 0 Å². The van der Waals surface area contributed by atoms with Crippen LogP contribution in [-0.4, -0.2) is 10.9 Å². The number of aromatic nitrogens is 1. The summed E-state index contributed by atoms with van der Waals surface area (Å²) in [5.41, 5.74) is 1.87. The SMILES string of the molecule is ClCCCc1cc2ccc(Cl)cc2nc1Cl. The van der Waals surface area contributed by atoms with Crippen molar-refractivity contribution in [3.05, 3.63) is 40.0 Å². The highest BCUT2D eigenvalue weighted by Crippen LogP contribution is 2.24. The molecule has 2 aromatic rings. The summed E-state index contributed by atoms with van der Waals surface area (Å²) in [5.74, 6) is 0.634. The van der Waals surface area contributed by atoms with Gasteiger partial charge in [0, 0.05) is 16.3 Å². The van der Waals surface area contributed by atoms with Crippen LogP contribution in [0.1, 0.15) is 12.0 Å². The van der Waals surface area contributed by atoms with Crippen molar-refractivity contribution in [3.8, 4) is 0 Å². The highest BCUT2D eigenvalue weighted by Gasteiger charge is 2.05. The predicted octanol–water partition coefficient (Wildman–Crippen LogP) is 4.71. The van der Waals surface area contributed by atoms with Gasteiger partial charge in [0.25, 0.3) is 0 Å². The normalized spacial score (nSPS) is 10.9. The topological polar surface area (TPSA) is 12.9 Å². The number of hydrogen-bond donors (Lipinski definition) is 0. The molecule has 0 spiro atoms. The zero-order chi connectivity index (χ0) is 11.5. The number of nitrogens with zero attached hydrogens (tertiary/aromatic N) is 1. The molecule has 0 unspecified atom stereocenters. The van der Waals surface area contributed by atoms with E-state index in [1.54, 1.807) is 0 Å². The third-order valence-electron chi connectivity index (χ3n) is 2.39. The lowest BCUT2D eigenvalue weighted by Crippen LogP contribution is -1.91. The summed E-state index contributed by atoms with van der Waals surface area (Å²) in [7, 11) is 0. The summed E-state index contributed by atoms with van der Waals surface area (Å²) in [5, 5.41) is 2.27.